The highest BCUT2D eigenvalue weighted by atomic mass is 16.6. The van der Waals surface area contributed by atoms with Gasteiger partial charge in [-0.05, 0) is 134 Å². The zero-order valence-corrected chi connectivity index (χ0v) is 32.1. The number of ether oxygens (including phenoxy) is 6. The Morgan fingerprint density at radius 1 is 0.750 bits per heavy atom. The van der Waals surface area contributed by atoms with Gasteiger partial charge in [-0.2, -0.15) is 0 Å². The first-order chi connectivity index (χ1) is 26.9. The second-order valence-electron chi connectivity index (χ2n) is 13.7. The Morgan fingerprint density at radius 3 is 1.95 bits per heavy atom. The van der Waals surface area contributed by atoms with Gasteiger partial charge in [-0.1, -0.05) is 43.5 Å². The van der Waals surface area contributed by atoms with Crippen LogP contribution >= 0.6 is 0 Å². The van der Waals surface area contributed by atoms with Gasteiger partial charge in [0.05, 0.1) is 32.5 Å². The molecule has 0 heterocycles. The summed E-state index contributed by atoms with van der Waals surface area (Å²) in [5, 5.41) is 0. The molecule has 0 amide bonds. The van der Waals surface area contributed by atoms with E-state index < -0.39 is 23.9 Å². The highest BCUT2D eigenvalue weighted by Crippen LogP contribution is 2.45. The summed E-state index contributed by atoms with van der Waals surface area (Å²) in [5.74, 6) is 0.210. The summed E-state index contributed by atoms with van der Waals surface area (Å²) in [7, 11) is 1.55. The number of hydrogen-bond acceptors (Lipinski definition) is 10. The second-order valence-corrected chi connectivity index (χ2v) is 13.7. The lowest BCUT2D eigenvalue weighted by Crippen LogP contribution is -2.23. The van der Waals surface area contributed by atoms with Crippen molar-refractivity contribution in [3.63, 3.8) is 0 Å². The first kappa shape index (κ1) is 40.8. The maximum absolute atomic E-state index is 12.7. The smallest absolute Gasteiger partial charge is 0.343 e. The van der Waals surface area contributed by atoms with Crippen molar-refractivity contribution in [2.75, 3.05) is 26.9 Å². The fraction of sp³-hybridized carbons (Fsp3) is 0.261. The van der Waals surface area contributed by atoms with Crippen LogP contribution in [0.25, 0.3) is 17.2 Å². The van der Waals surface area contributed by atoms with Crippen LogP contribution in [0.3, 0.4) is 0 Å². The molecule has 0 radical (unpaired) electrons. The molecule has 4 aromatic carbocycles. The summed E-state index contributed by atoms with van der Waals surface area (Å²) in [4.78, 5) is 49.2. The van der Waals surface area contributed by atoms with E-state index in [1.807, 2.05) is 36.4 Å². The van der Waals surface area contributed by atoms with Crippen LogP contribution in [-0.2, 0) is 23.9 Å². The van der Waals surface area contributed by atoms with Crippen molar-refractivity contribution in [2.24, 2.45) is 5.92 Å². The molecular formula is C46H46O10. The van der Waals surface area contributed by atoms with Gasteiger partial charge in [0.15, 0.2) is 0 Å². The van der Waals surface area contributed by atoms with Gasteiger partial charge in [-0.3, -0.25) is 0 Å². The first-order valence-electron chi connectivity index (χ1n) is 18.3. The van der Waals surface area contributed by atoms with Gasteiger partial charge in [-0.15, -0.1) is 0 Å². The summed E-state index contributed by atoms with van der Waals surface area (Å²) in [6.07, 6.45) is 5.71. The van der Waals surface area contributed by atoms with Crippen LogP contribution in [0.15, 0.2) is 115 Å². The Hall–Kier alpha value is -6.42. The molecule has 0 unspecified atom stereocenters. The minimum absolute atomic E-state index is 0.0693. The maximum Gasteiger partial charge on any atom is 0.343 e. The van der Waals surface area contributed by atoms with Gasteiger partial charge >= 0.3 is 23.9 Å². The van der Waals surface area contributed by atoms with Crippen molar-refractivity contribution >= 4 is 30.0 Å². The number of benzene rings is 4. The largest absolute Gasteiger partial charge is 0.497 e. The highest BCUT2D eigenvalue weighted by molar-refractivity contribution is 5.91. The number of rotatable bonds is 18. The van der Waals surface area contributed by atoms with E-state index in [1.54, 1.807) is 76.4 Å². The van der Waals surface area contributed by atoms with Gasteiger partial charge in [0, 0.05) is 23.1 Å². The molecule has 0 spiro atoms. The monoisotopic (exact) mass is 758 g/mol. The molecule has 0 aliphatic heterocycles. The molecule has 4 aromatic rings. The topological polar surface area (TPSA) is 124 Å². The summed E-state index contributed by atoms with van der Waals surface area (Å²) in [5.41, 5.74) is 5.61. The number of carbonyl (C=O) groups is 4. The summed E-state index contributed by atoms with van der Waals surface area (Å²) in [6.45, 7) is 12.6. The molecule has 1 aliphatic carbocycles. The fourth-order valence-corrected chi connectivity index (χ4v) is 5.54. The maximum atomic E-state index is 12.7. The summed E-state index contributed by atoms with van der Waals surface area (Å²) >= 11 is 0. The van der Waals surface area contributed by atoms with Crippen molar-refractivity contribution in [1.29, 1.82) is 0 Å². The summed E-state index contributed by atoms with van der Waals surface area (Å²) < 4.78 is 33.1. The lowest BCUT2D eigenvalue weighted by molar-refractivity contribution is -0.144. The third kappa shape index (κ3) is 11.8. The standard InChI is InChI=1S/C46H46O10/c1-29(2)44(48)53-27-33(28-54-45(49)30(3)4)23-24-52-42-20-16-37(26-40(42)35-12-13-35)34-10-7-32(8-11-34)9-22-43(47)56-41-21-19-39(25-31(41)5)55-46(50)36-14-17-38(51-6)18-15-36/h7-11,14-22,25-26,33,35H,1,3,12-13,23-24,27-28H2,2,4-6H3/b22-9+. The van der Waals surface area contributed by atoms with Crippen LogP contribution in [0, 0.1) is 12.8 Å². The van der Waals surface area contributed by atoms with Crippen LogP contribution in [-0.4, -0.2) is 50.8 Å². The molecule has 1 saturated carbocycles. The lowest BCUT2D eigenvalue weighted by atomic mass is 9.99. The van der Waals surface area contributed by atoms with E-state index in [2.05, 4.69) is 19.2 Å². The predicted molar refractivity (Wildman–Crippen MR) is 213 cm³/mol. The SMILES string of the molecule is C=C(C)C(=O)OCC(CCOc1ccc(-c2ccc(/C=C/C(=O)Oc3ccc(OC(=O)c4ccc(OC)cc4)cc3C)cc2)cc1C1CC1)COC(=O)C(=C)C. The van der Waals surface area contributed by atoms with E-state index in [-0.39, 0.29) is 19.1 Å². The minimum atomic E-state index is -0.545. The van der Waals surface area contributed by atoms with E-state index in [9.17, 15) is 19.2 Å². The quantitative estimate of drug-likeness (QED) is 0.0552. The molecule has 56 heavy (non-hydrogen) atoms. The Labute approximate surface area is 327 Å². The number of aryl methyl sites for hydroxylation is 1. The lowest BCUT2D eigenvalue weighted by Gasteiger charge is -2.19. The first-order valence-corrected chi connectivity index (χ1v) is 18.3. The Morgan fingerprint density at radius 2 is 1.36 bits per heavy atom. The van der Waals surface area contributed by atoms with Crippen molar-refractivity contribution in [2.45, 2.75) is 46.0 Å². The van der Waals surface area contributed by atoms with Crippen LogP contribution in [0.2, 0.25) is 0 Å². The van der Waals surface area contributed by atoms with E-state index in [0.29, 0.717) is 58.5 Å². The molecule has 290 valence electrons. The average molecular weight is 759 g/mol. The van der Waals surface area contributed by atoms with Crippen molar-refractivity contribution in [3.8, 4) is 34.1 Å². The molecule has 0 atom stereocenters. The van der Waals surface area contributed by atoms with Crippen LogP contribution in [0.4, 0.5) is 0 Å². The Bertz CT molecular complexity index is 2080. The van der Waals surface area contributed by atoms with Gasteiger partial charge in [0.25, 0.3) is 0 Å². The Kier molecular flexibility index (Phi) is 14.0. The zero-order valence-electron chi connectivity index (χ0n) is 32.1. The van der Waals surface area contributed by atoms with E-state index >= 15 is 0 Å². The van der Waals surface area contributed by atoms with Gasteiger partial charge in [0.1, 0.15) is 23.0 Å². The van der Waals surface area contributed by atoms with Gasteiger partial charge in [-0.25, -0.2) is 19.2 Å². The Balaban J connectivity index is 1.15. The number of carbonyl (C=O) groups excluding carboxylic acids is 4. The normalized spacial score (nSPS) is 12.2. The van der Waals surface area contributed by atoms with E-state index in [1.165, 1.54) is 6.08 Å². The van der Waals surface area contributed by atoms with E-state index in [0.717, 1.165) is 40.8 Å². The molecule has 1 fully saturated rings. The average Bonchev–Trinajstić information content (AvgIpc) is 4.05. The van der Waals surface area contributed by atoms with Gasteiger partial charge in [0.2, 0.25) is 0 Å². The second kappa shape index (κ2) is 19.3. The highest BCUT2D eigenvalue weighted by Gasteiger charge is 2.27. The number of methoxy groups -OCH3 is 1. The fourth-order valence-electron chi connectivity index (χ4n) is 5.54. The third-order valence-electron chi connectivity index (χ3n) is 8.96. The molecule has 1 aliphatic rings. The van der Waals surface area contributed by atoms with Gasteiger partial charge < -0.3 is 28.4 Å². The molecule has 10 heteroatoms. The van der Waals surface area contributed by atoms with Crippen LogP contribution in [0.1, 0.15) is 66.1 Å². The van der Waals surface area contributed by atoms with E-state index in [4.69, 9.17) is 28.4 Å². The van der Waals surface area contributed by atoms with Crippen LogP contribution < -0.4 is 18.9 Å². The third-order valence-corrected chi connectivity index (χ3v) is 8.96. The van der Waals surface area contributed by atoms with Crippen LogP contribution in [0.5, 0.6) is 23.0 Å². The molecule has 0 aromatic heterocycles. The molecule has 0 N–H and O–H groups in total. The van der Waals surface area contributed by atoms with Crippen molar-refractivity contribution in [1.82, 2.24) is 0 Å². The summed E-state index contributed by atoms with van der Waals surface area (Å²) in [6, 6.07) is 25.4. The molecular weight excluding hydrogens is 712 g/mol. The zero-order chi connectivity index (χ0) is 40.2. The number of esters is 4. The molecule has 10 nitrogen and oxygen atoms in total. The van der Waals surface area contributed by atoms with Crippen molar-refractivity contribution in [3.05, 3.63) is 138 Å². The minimum Gasteiger partial charge on any atom is -0.497 e. The number of hydrogen-bond donors (Lipinski definition) is 0. The molecule has 0 bridgehead atoms. The molecule has 0 saturated heterocycles. The van der Waals surface area contributed by atoms with Crippen molar-refractivity contribution < 1.29 is 47.6 Å². The predicted octanol–water partition coefficient (Wildman–Crippen LogP) is 9.01. The molecule has 5 rings (SSSR count).